The zero-order valence-corrected chi connectivity index (χ0v) is 12.0. The largest absolute Gasteiger partial charge is 0.350 e. The molecule has 0 saturated heterocycles. The highest BCUT2D eigenvalue weighted by molar-refractivity contribution is 6.31. The average molecular weight is 300 g/mol. The molecule has 0 aliphatic rings. The van der Waals surface area contributed by atoms with Crippen LogP contribution < -0.4 is 5.32 Å². The first-order chi connectivity index (χ1) is 10.2. The molecule has 1 aromatic carbocycles. The van der Waals surface area contributed by atoms with Crippen LogP contribution >= 0.6 is 11.6 Å². The summed E-state index contributed by atoms with van der Waals surface area (Å²) in [5, 5.41) is 12.5. The first-order valence-corrected chi connectivity index (χ1v) is 6.89. The molecule has 1 aromatic heterocycles. The van der Waals surface area contributed by atoms with Crippen LogP contribution in [0, 0.1) is 11.3 Å². The SMILES string of the molecule is N#CC(CC(=O)NCc1ccccn1)c1ccccc1Cl. The van der Waals surface area contributed by atoms with Gasteiger partial charge in [-0.15, -0.1) is 0 Å². The van der Waals surface area contributed by atoms with Gasteiger partial charge in [-0.3, -0.25) is 9.78 Å². The molecule has 1 N–H and O–H groups in total. The van der Waals surface area contributed by atoms with Gasteiger partial charge in [0.2, 0.25) is 5.91 Å². The first-order valence-electron chi connectivity index (χ1n) is 6.51. The van der Waals surface area contributed by atoms with Crippen molar-refractivity contribution in [2.45, 2.75) is 18.9 Å². The van der Waals surface area contributed by atoms with E-state index in [4.69, 9.17) is 11.6 Å². The van der Waals surface area contributed by atoms with E-state index in [9.17, 15) is 10.1 Å². The van der Waals surface area contributed by atoms with Crippen LogP contribution in [0.2, 0.25) is 5.02 Å². The van der Waals surface area contributed by atoms with Crippen molar-refractivity contribution in [3.05, 3.63) is 64.9 Å². The smallest absolute Gasteiger partial charge is 0.221 e. The van der Waals surface area contributed by atoms with E-state index in [2.05, 4.69) is 16.4 Å². The summed E-state index contributed by atoms with van der Waals surface area (Å²) < 4.78 is 0. The van der Waals surface area contributed by atoms with E-state index in [1.165, 1.54) is 0 Å². The summed E-state index contributed by atoms with van der Waals surface area (Å²) in [6.45, 7) is 0.348. The lowest BCUT2D eigenvalue weighted by Gasteiger charge is -2.11. The molecule has 5 heteroatoms. The van der Waals surface area contributed by atoms with Crippen molar-refractivity contribution in [1.82, 2.24) is 10.3 Å². The molecule has 0 aliphatic carbocycles. The molecule has 2 rings (SSSR count). The van der Waals surface area contributed by atoms with Crippen LogP contribution in [0.25, 0.3) is 0 Å². The molecule has 106 valence electrons. The molecule has 0 spiro atoms. The molecule has 2 aromatic rings. The molecule has 1 atom stereocenters. The van der Waals surface area contributed by atoms with Crippen molar-refractivity contribution < 1.29 is 4.79 Å². The maximum Gasteiger partial charge on any atom is 0.221 e. The summed E-state index contributed by atoms with van der Waals surface area (Å²) in [5.41, 5.74) is 1.45. The van der Waals surface area contributed by atoms with Gasteiger partial charge >= 0.3 is 0 Å². The Morgan fingerprint density at radius 3 is 2.71 bits per heavy atom. The van der Waals surface area contributed by atoms with Gasteiger partial charge in [0, 0.05) is 17.6 Å². The van der Waals surface area contributed by atoms with Gasteiger partial charge in [0.25, 0.3) is 0 Å². The van der Waals surface area contributed by atoms with Crippen molar-refractivity contribution in [3.63, 3.8) is 0 Å². The summed E-state index contributed by atoms with van der Waals surface area (Å²) >= 11 is 6.06. The van der Waals surface area contributed by atoms with Crippen molar-refractivity contribution in [2.24, 2.45) is 0 Å². The predicted molar refractivity (Wildman–Crippen MR) is 80.5 cm³/mol. The van der Waals surface area contributed by atoms with Crippen molar-refractivity contribution in [1.29, 1.82) is 5.26 Å². The van der Waals surface area contributed by atoms with Crippen molar-refractivity contribution in [2.75, 3.05) is 0 Å². The van der Waals surface area contributed by atoms with Gasteiger partial charge in [-0.2, -0.15) is 5.26 Å². The maximum atomic E-state index is 11.9. The van der Waals surface area contributed by atoms with Crippen LogP contribution in [0.3, 0.4) is 0 Å². The van der Waals surface area contributed by atoms with Gasteiger partial charge in [-0.05, 0) is 23.8 Å². The van der Waals surface area contributed by atoms with Gasteiger partial charge in [-0.25, -0.2) is 0 Å². The minimum absolute atomic E-state index is 0.0765. The van der Waals surface area contributed by atoms with Gasteiger partial charge in [0.05, 0.1) is 24.2 Å². The molecule has 0 saturated carbocycles. The standard InChI is InChI=1S/C16H14ClN3O/c17-15-7-2-1-6-14(15)12(10-18)9-16(21)20-11-13-5-3-4-8-19-13/h1-8,12H,9,11H2,(H,20,21). The van der Waals surface area contributed by atoms with Crippen LogP contribution in [0.5, 0.6) is 0 Å². The fraction of sp³-hybridized carbons (Fsp3) is 0.188. The molecule has 1 amide bonds. The van der Waals surface area contributed by atoms with E-state index >= 15 is 0 Å². The van der Waals surface area contributed by atoms with E-state index in [-0.39, 0.29) is 12.3 Å². The Morgan fingerprint density at radius 1 is 1.29 bits per heavy atom. The third-order valence-electron chi connectivity index (χ3n) is 3.02. The van der Waals surface area contributed by atoms with E-state index in [1.807, 2.05) is 18.2 Å². The third-order valence-corrected chi connectivity index (χ3v) is 3.36. The van der Waals surface area contributed by atoms with E-state index in [1.54, 1.807) is 30.5 Å². The van der Waals surface area contributed by atoms with E-state index in [0.29, 0.717) is 17.1 Å². The molecule has 21 heavy (non-hydrogen) atoms. The second kappa shape index (κ2) is 7.41. The van der Waals surface area contributed by atoms with Crippen LogP contribution in [-0.2, 0) is 11.3 Å². The quantitative estimate of drug-likeness (QED) is 0.923. The van der Waals surface area contributed by atoms with E-state index in [0.717, 1.165) is 5.69 Å². The topological polar surface area (TPSA) is 65.8 Å². The zero-order chi connectivity index (χ0) is 15.1. The van der Waals surface area contributed by atoms with Gasteiger partial charge in [0.15, 0.2) is 0 Å². The number of nitrogens with one attached hydrogen (secondary N) is 1. The van der Waals surface area contributed by atoms with Crippen molar-refractivity contribution in [3.8, 4) is 6.07 Å². The Labute approximate surface area is 128 Å². The Bertz CT molecular complexity index is 652. The highest BCUT2D eigenvalue weighted by Gasteiger charge is 2.17. The molecule has 0 bridgehead atoms. The van der Waals surface area contributed by atoms with Crippen LogP contribution in [-0.4, -0.2) is 10.9 Å². The van der Waals surface area contributed by atoms with Crippen LogP contribution in [0.1, 0.15) is 23.6 Å². The second-order valence-electron chi connectivity index (χ2n) is 4.51. The Morgan fingerprint density at radius 2 is 2.05 bits per heavy atom. The number of hydrogen-bond acceptors (Lipinski definition) is 3. The number of amides is 1. The minimum atomic E-state index is -0.553. The number of halogens is 1. The normalized spacial score (nSPS) is 11.4. The molecule has 0 radical (unpaired) electrons. The monoisotopic (exact) mass is 299 g/mol. The minimum Gasteiger partial charge on any atom is -0.350 e. The molecule has 0 aliphatic heterocycles. The molecule has 1 unspecified atom stereocenters. The lowest BCUT2D eigenvalue weighted by Crippen LogP contribution is -2.24. The molecular weight excluding hydrogens is 286 g/mol. The lowest BCUT2D eigenvalue weighted by atomic mass is 9.97. The van der Waals surface area contributed by atoms with Gasteiger partial charge < -0.3 is 5.32 Å². The summed E-state index contributed by atoms with van der Waals surface area (Å²) in [4.78, 5) is 16.1. The fourth-order valence-electron chi connectivity index (χ4n) is 1.93. The number of rotatable bonds is 5. The number of nitrogens with zero attached hydrogens (tertiary/aromatic N) is 2. The highest BCUT2D eigenvalue weighted by Crippen LogP contribution is 2.26. The number of hydrogen-bond donors (Lipinski definition) is 1. The summed E-state index contributed by atoms with van der Waals surface area (Å²) in [6.07, 6.45) is 1.75. The molecule has 4 nitrogen and oxygen atoms in total. The molecule has 0 fully saturated rings. The number of nitriles is 1. The maximum absolute atomic E-state index is 11.9. The first kappa shape index (κ1) is 15.0. The van der Waals surface area contributed by atoms with Gasteiger partial charge in [0.1, 0.15) is 0 Å². The second-order valence-corrected chi connectivity index (χ2v) is 4.91. The Kier molecular flexibility index (Phi) is 5.30. The van der Waals surface area contributed by atoms with Crippen LogP contribution in [0.15, 0.2) is 48.7 Å². The summed E-state index contributed by atoms with van der Waals surface area (Å²) in [6, 6.07) is 14.7. The molecular formula is C16H14ClN3O. The predicted octanol–water partition coefficient (Wildman–Crippen LogP) is 3.05. The summed E-state index contributed by atoms with van der Waals surface area (Å²) in [7, 11) is 0. The third kappa shape index (κ3) is 4.30. The van der Waals surface area contributed by atoms with E-state index < -0.39 is 5.92 Å². The zero-order valence-electron chi connectivity index (χ0n) is 11.3. The van der Waals surface area contributed by atoms with Crippen LogP contribution in [0.4, 0.5) is 0 Å². The van der Waals surface area contributed by atoms with Gasteiger partial charge in [-0.1, -0.05) is 35.9 Å². The van der Waals surface area contributed by atoms with Crippen molar-refractivity contribution >= 4 is 17.5 Å². The summed E-state index contributed by atoms with van der Waals surface area (Å²) in [5.74, 6) is -0.755. The fourth-order valence-corrected chi connectivity index (χ4v) is 2.20. The number of carbonyl (C=O) groups is 1. The Balaban J connectivity index is 1.95. The lowest BCUT2D eigenvalue weighted by molar-refractivity contribution is -0.121. The number of benzene rings is 1. The Hall–Kier alpha value is -2.38. The number of pyridine rings is 1. The number of carbonyl (C=O) groups excluding carboxylic acids is 1. The number of aromatic nitrogens is 1. The average Bonchev–Trinajstić information content (AvgIpc) is 2.52. The highest BCUT2D eigenvalue weighted by atomic mass is 35.5. The molecule has 1 heterocycles.